The van der Waals surface area contributed by atoms with Crippen molar-refractivity contribution in [1.29, 1.82) is 0 Å². The van der Waals surface area contributed by atoms with Crippen molar-refractivity contribution >= 4 is 33.2 Å². The van der Waals surface area contributed by atoms with E-state index in [1.165, 1.54) is 73.8 Å². The number of halogens is 1. The lowest BCUT2D eigenvalue weighted by Crippen LogP contribution is -3.00. The summed E-state index contributed by atoms with van der Waals surface area (Å²) in [6.45, 7) is 6.46. The molecule has 2 aromatic heterocycles. The topological polar surface area (TPSA) is 59.8 Å². The molecule has 2 aromatic carbocycles. The van der Waals surface area contributed by atoms with Crippen LogP contribution in [0.4, 0.5) is 11.4 Å². The zero-order chi connectivity index (χ0) is 23.9. The molecule has 2 heterocycles. The van der Waals surface area contributed by atoms with E-state index in [2.05, 4.69) is 83.6 Å². The van der Waals surface area contributed by atoms with Crippen LogP contribution in [-0.2, 0) is 13.1 Å². The largest absolute Gasteiger partial charge is 1.00 e. The zero-order valence-electron chi connectivity index (χ0n) is 21.3. The van der Waals surface area contributed by atoms with Gasteiger partial charge in [0.05, 0.1) is 22.1 Å². The number of nitrogens with zero attached hydrogens (tertiary/aromatic N) is 2. The Hall–Kier alpha value is -2.41. The number of fused-ring (bicyclic) bond motifs is 2. The Kier molecular flexibility index (Phi) is 10.1. The molecule has 4 N–H and O–H groups in total. The van der Waals surface area contributed by atoms with Gasteiger partial charge in [-0.05, 0) is 25.0 Å². The number of para-hydroxylation sites is 2. The van der Waals surface area contributed by atoms with Crippen molar-refractivity contribution in [3.8, 4) is 0 Å². The fourth-order valence-corrected chi connectivity index (χ4v) is 5.24. The average molecular weight is 584 g/mol. The van der Waals surface area contributed by atoms with Crippen LogP contribution in [-0.4, -0.2) is 0 Å². The lowest BCUT2D eigenvalue weighted by Gasteiger charge is -2.08. The maximum atomic E-state index is 6.22. The van der Waals surface area contributed by atoms with E-state index in [1.54, 1.807) is 0 Å². The van der Waals surface area contributed by atoms with Gasteiger partial charge in [0.15, 0.2) is 11.4 Å². The van der Waals surface area contributed by atoms with Gasteiger partial charge < -0.3 is 35.4 Å². The second-order valence-corrected chi connectivity index (χ2v) is 9.65. The highest BCUT2D eigenvalue weighted by Crippen LogP contribution is 2.20. The number of unbranched alkanes of at least 4 members (excludes halogenated alkanes) is 7. The van der Waals surface area contributed by atoms with E-state index in [0.29, 0.717) is 0 Å². The van der Waals surface area contributed by atoms with Crippen LogP contribution in [0, 0.1) is 13.8 Å². The predicted octanol–water partition coefficient (Wildman–Crippen LogP) is 3.17. The predicted molar refractivity (Wildman–Crippen MR) is 144 cm³/mol. The molecule has 4 rings (SSSR count). The van der Waals surface area contributed by atoms with Crippen molar-refractivity contribution in [3.63, 3.8) is 0 Å². The van der Waals surface area contributed by atoms with Gasteiger partial charge in [-0.15, -0.1) is 0 Å². The number of aryl methyl sites for hydroxylation is 4. The van der Waals surface area contributed by atoms with Crippen molar-refractivity contribution in [1.82, 2.24) is 0 Å². The summed E-state index contributed by atoms with van der Waals surface area (Å²) in [4.78, 5) is 0. The lowest BCUT2D eigenvalue weighted by molar-refractivity contribution is -0.678. The van der Waals surface area contributed by atoms with Gasteiger partial charge >= 0.3 is 0 Å². The maximum absolute atomic E-state index is 6.22. The summed E-state index contributed by atoms with van der Waals surface area (Å²) in [7, 11) is 0. The molecule has 0 radical (unpaired) electrons. The molecule has 5 heteroatoms. The molecule has 0 spiro atoms. The van der Waals surface area contributed by atoms with Gasteiger partial charge in [0.25, 0.3) is 0 Å². The molecule has 0 fully saturated rings. The molecule has 0 saturated heterocycles. The number of rotatable bonds is 11. The number of nitrogens with two attached hydrogens (primary N) is 2. The smallest absolute Gasteiger partial charge is 0.214 e. The maximum Gasteiger partial charge on any atom is 0.214 e. The van der Waals surface area contributed by atoms with Gasteiger partial charge in [-0.1, -0.05) is 49.9 Å². The van der Waals surface area contributed by atoms with Gasteiger partial charge in [0, 0.05) is 51.0 Å². The SMILES string of the molecule is Cc1cc(N)c2ccccc2[n+]1CCCCCCCCCC[n+]1c(C)cc(N)c2ccccc21.[I-]. The monoisotopic (exact) mass is 583 g/mol. The molecule has 4 nitrogen and oxygen atoms in total. The Balaban J connectivity index is 0.00000342. The summed E-state index contributed by atoms with van der Waals surface area (Å²) in [5.74, 6) is 0. The third-order valence-electron chi connectivity index (χ3n) is 7.11. The number of benzene rings is 2. The van der Waals surface area contributed by atoms with E-state index in [0.717, 1.165) is 35.2 Å². The van der Waals surface area contributed by atoms with Crippen LogP contribution in [0.25, 0.3) is 21.8 Å². The Morgan fingerprint density at radius 2 is 0.886 bits per heavy atom. The molecule has 0 atom stereocenters. The second kappa shape index (κ2) is 13.1. The summed E-state index contributed by atoms with van der Waals surface area (Å²) in [6.07, 6.45) is 10.3. The molecule has 0 aliphatic carbocycles. The van der Waals surface area contributed by atoms with Crippen molar-refractivity contribution in [3.05, 3.63) is 72.1 Å². The highest BCUT2D eigenvalue weighted by molar-refractivity contribution is 5.88. The Bertz CT molecular complexity index is 1170. The van der Waals surface area contributed by atoms with Crippen LogP contribution in [0.1, 0.15) is 62.8 Å². The summed E-state index contributed by atoms with van der Waals surface area (Å²) in [5.41, 5.74) is 19.2. The van der Waals surface area contributed by atoms with Gasteiger partial charge in [-0.2, -0.15) is 9.13 Å². The van der Waals surface area contributed by atoms with Crippen molar-refractivity contribution in [2.24, 2.45) is 0 Å². The third kappa shape index (κ3) is 6.63. The molecular formula is C30H40IN4+. The number of hydrogen-bond donors (Lipinski definition) is 2. The van der Waals surface area contributed by atoms with Gasteiger partial charge in [-0.3, -0.25) is 0 Å². The fourth-order valence-electron chi connectivity index (χ4n) is 5.24. The molecule has 0 aliphatic heterocycles. The summed E-state index contributed by atoms with van der Waals surface area (Å²) >= 11 is 0. The normalized spacial score (nSPS) is 11.1. The highest BCUT2D eigenvalue weighted by atomic mass is 127. The van der Waals surface area contributed by atoms with E-state index in [-0.39, 0.29) is 24.0 Å². The number of nitrogen functional groups attached to an aromatic ring is 2. The van der Waals surface area contributed by atoms with Crippen LogP contribution < -0.4 is 44.6 Å². The summed E-state index contributed by atoms with van der Waals surface area (Å²) < 4.78 is 4.85. The molecule has 0 amide bonds. The first-order chi connectivity index (χ1) is 16.6. The van der Waals surface area contributed by atoms with Crippen molar-refractivity contribution < 1.29 is 33.1 Å². The Labute approximate surface area is 227 Å². The van der Waals surface area contributed by atoms with E-state index < -0.39 is 0 Å². The van der Waals surface area contributed by atoms with E-state index >= 15 is 0 Å². The number of anilines is 2. The number of aromatic nitrogens is 2. The van der Waals surface area contributed by atoms with Gasteiger partial charge in [0.2, 0.25) is 11.0 Å². The molecule has 4 aromatic rings. The number of hydrogen-bond acceptors (Lipinski definition) is 2. The van der Waals surface area contributed by atoms with Crippen molar-refractivity contribution in [2.75, 3.05) is 11.5 Å². The minimum Gasteiger partial charge on any atom is -1.00 e. The average Bonchev–Trinajstić information content (AvgIpc) is 2.83. The minimum absolute atomic E-state index is 0. The molecule has 186 valence electrons. The second-order valence-electron chi connectivity index (χ2n) is 9.65. The molecule has 0 aliphatic rings. The molecule has 0 bridgehead atoms. The fraction of sp³-hybridized carbons (Fsp3) is 0.400. The van der Waals surface area contributed by atoms with Crippen LogP contribution in [0.15, 0.2) is 60.7 Å². The molecule has 0 unspecified atom stereocenters. The van der Waals surface area contributed by atoms with Crippen LogP contribution in [0.3, 0.4) is 0 Å². The zero-order valence-corrected chi connectivity index (χ0v) is 23.4. The molecular weight excluding hydrogens is 543 g/mol. The minimum atomic E-state index is 0. The van der Waals surface area contributed by atoms with Crippen LogP contribution >= 0.6 is 0 Å². The first kappa shape index (κ1) is 27.2. The molecule has 35 heavy (non-hydrogen) atoms. The standard InChI is InChI=1S/C30H38N4.HI/c1-23-21-27(31)25-15-9-11-17-29(25)33(23)19-13-7-5-3-4-6-8-14-20-34-24(2)22-28(32)26-16-10-12-18-30(26)34;/h9-12,15-18,21-22,31-32H,3-8,13-14,19-20H2,1-2H3;1H/p+1. The highest BCUT2D eigenvalue weighted by Gasteiger charge is 2.15. The summed E-state index contributed by atoms with van der Waals surface area (Å²) in [6, 6.07) is 21.2. The van der Waals surface area contributed by atoms with Crippen LogP contribution in [0.2, 0.25) is 0 Å². The molecule has 0 saturated carbocycles. The van der Waals surface area contributed by atoms with Gasteiger partial charge in [0.1, 0.15) is 13.1 Å². The van der Waals surface area contributed by atoms with Crippen LogP contribution in [0.5, 0.6) is 0 Å². The first-order valence-electron chi connectivity index (χ1n) is 12.9. The van der Waals surface area contributed by atoms with E-state index in [4.69, 9.17) is 11.5 Å². The number of pyridine rings is 2. The first-order valence-corrected chi connectivity index (χ1v) is 12.9. The van der Waals surface area contributed by atoms with E-state index in [9.17, 15) is 0 Å². The van der Waals surface area contributed by atoms with Gasteiger partial charge in [-0.25, -0.2) is 0 Å². The van der Waals surface area contributed by atoms with E-state index in [1.807, 2.05) is 0 Å². The third-order valence-corrected chi connectivity index (χ3v) is 7.11. The summed E-state index contributed by atoms with van der Waals surface area (Å²) in [5, 5.41) is 2.32. The Morgan fingerprint density at radius 3 is 1.29 bits per heavy atom. The lowest BCUT2D eigenvalue weighted by atomic mass is 10.1. The van der Waals surface area contributed by atoms with Crippen molar-refractivity contribution in [2.45, 2.75) is 78.3 Å². The Morgan fingerprint density at radius 1 is 0.543 bits per heavy atom. The quantitative estimate of drug-likeness (QED) is 0.162.